The number of sulfonamides is 1. The van der Waals surface area contributed by atoms with Gasteiger partial charge in [-0.15, -0.1) is 0 Å². The molecule has 162 valence electrons. The minimum Gasteiger partial charge on any atom is -0.345 e. The van der Waals surface area contributed by atoms with Gasteiger partial charge in [0.2, 0.25) is 0 Å². The van der Waals surface area contributed by atoms with Gasteiger partial charge in [0.25, 0.3) is 15.9 Å². The molecule has 0 aromatic heterocycles. The van der Waals surface area contributed by atoms with E-state index < -0.39 is 10.0 Å². The summed E-state index contributed by atoms with van der Waals surface area (Å²) in [5, 5.41) is 3.09. The molecule has 0 bridgehead atoms. The van der Waals surface area contributed by atoms with Gasteiger partial charge in [-0.2, -0.15) is 0 Å². The Morgan fingerprint density at radius 1 is 0.968 bits per heavy atom. The van der Waals surface area contributed by atoms with Gasteiger partial charge in [-0.05, 0) is 61.7 Å². The summed E-state index contributed by atoms with van der Waals surface area (Å²) < 4.78 is 27.0. The second kappa shape index (κ2) is 9.35. The van der Waals surface area contributed by atoms with E-state index >= 15 is 0 Å². The highest BCUT2D eigenvalue weighted by Gasteiger charge is 2.22. The van der Waals surface area contributed by atoms with Crippen molar-refractivity contribution in [2.75, 3.05) is 11.4 Å². The summed E-state index contributed by atoms with van der Waals surface area (Å²) >= 11 is 0. The number of hydrogen-bond donors (Lipinski definition) is 1. The lowest BCUT2D eigenvalue weighted by Crippen LogP contribution is -2.29. The van der Waals surface area contributed by atoms with Crippen molar-refractivity contribution >= 4 is 21.6 Å². The molecule has 0 aliphatic heterocycles. The fourth-order valence-electron chi connectivity index (χ4n) is 3.59. The van der Waals surface area contributed by atoms with Gasteiger partial charge < -0.3 is 5.32 Å². The van der Waals surface area contributed by atoms with E-state index in [2.05, 4.69) is 17.4 Å². The Balaban J connectivity index is 1.84. The van der Waals surface area contributed by atoms with Crippen LogP contribution < -0.4 is 9.62 Å². The number of carbonyl (C=O) groups is 1. The van der Waals surface area contributed by atoms with E-state index in [1.165, 1.54) is 16.9 Å². The number of carbonyl (C=O) groups excluding carboxylic acids is 1. The van der Waals surface area contributed by atoms with Crippen LogP contribution in [0.1, 0.15) is 46.4 Å². The lowest BCUT2D eigenvalue weighted by Gasteiger charge is -2.22. The number of benzene rings is 3. The van der Waals surface area contributed by atoms with Crippen molar-refractivity contribution in [3.8, 4) is 0 Å². The van der Waals surface area contributed by atoms with Crippen LogP contribution in [-0.4, -0.2) is 21.4 Å². The molecule has 0 fully saturated rings. The summed E-state index contributed by atoms with van der Waals surface area (Å²) in [5.41, 5.74) is 4.24. The molecule has 31 heavy (non-hydrogen) atoms. The normalized spacial score (nSPS) is 12.3. The van der Waals surface area contributed by atoms with Crippen molar-refractivity contribution in [3.63, 3.8) is 0 Å². The summed E-state index contributed by atoms with van der Waals surface area (Å²) in [6.07, 6.45) is 0.748. The predicted octanol–water partition coefficient (Wildman–Crippen LogP) is 5.01. The first-order chi connectivity index (χ1) is 14.7. The number of rotatable bonds is 7. The largest absolute Gasteiger partial charge is 0.345 e. The highest BCUT2D eigenvalue weighted by Crippen LogP contribution is 2.25. The Kier molecular flexibility index (Phi) is 6.81. The van der Waals surface area contributed by atoms with Crippen LogP contribution in [0.4, 0.5) is 5.69 Å². The van der Waals surface area contributed by atoms with Gasteiger partial charge in [0, 0.05) is 12.6 Å². The molecule has 0 saturated carbocycles. The maximum absolute atomic E-state index is 13.0. The molecule has 1 amide bonds. The zero-order chi connectivity index (χ0) is 22.6. The summed E-state index contributed by atoms with van der Waals surface area (Å²) in [6, 6.07) is 21.0. The zero-order valence-corrected chi connectivity index (χ0v) is 19.1. The Morgan fingerprint density at radius 3 is 2.32 bits per heavy atom. The lowest BCUT2D eigenvalue weighted by atomic mass is 9.97. The van der Waals surface area contributed by atoms with Gasteiger partial charge in [0.05, 0.1) is 16.6 Å². The Bertz CT molecular complexity index is 1170. The van der Waals surface area contributed by atoms with Crippen molar-refractivity contribution in [3.05, 3.63) is 95.1 Å². The monoisotopic (exact) mass is 436 g/mol. The second-order valence-corrected chi connectivity index (χ2v) is 9.60. The van der Waals surface area contributed by atoms with Gasteiger partial charge in [0.1, 0.15) is 0 Å². The first-order valence-corrected chi connectivity index (χ1v) is 11.7. The molecule has 1 atom stereocenters. The smallest absolute Gasteiger partial charge is 0.264 e. The number of amides is 1. The number of nitrogens with one attached hydrogen (secondary N) is 1. The van der Waals surface area contributed by atoms with Crippen LogP contribution >= 0.6 is 0 Å². The number of nitrogens with zero attached hydrogens (tertiary/aromatic N) is 1. The molecule has 0 saturated heterocycles. The van der Waals surface area contributed by atoms with Gasteiger partial charge >= 0.3 is 0 Å². The minimum atomic E-state index is -3.71. The topological polar surface area (TPSA) is 66.5 Å². The predicted molar refractivity (Wildman–Crippen MR) is 125 cm³/mol. The van der Waals surface area contributed by atoms with Crippen LogP contribution in [0.15, 0.2) is 77.7 Å². The van der Waals surface area contributed by atoms with E-state index in [4.69, 9.17) is 0 Å². The van der Waals surface area contributed by atoms with E-state index in [0.29, 0.717) is 11.3 Å². The third kappa shape index (κ3) is 4.97. The Hall–Kier alpha value is -3.12. The zero-order valence-electron chi connectivity index (χ0n) is 18.3. The summed E-state index contributed by atoms with van der Waals surface area (Å²) in [6.45, 7) is 6.11. The molecule has 6 heteroatoms. The molecule has 5 nitrogen and oxygen atoms in total. The first-order valence-electron chi connectivity index (χ1n) is 10.3. The average molecular weight is 437 g/mol. The Morgan fingerprint density at radius 2 is 1.68 bits per heavy atom. The third-order valence-corrected chi connectivity index (χ3v) is 7.19. The first kappa shape index (κ1) is 22.6. The summed E-state index contributed by atoms with van der Waals surface area (Å²) in [4.78, 5) is 13.2. The molecule has 3 aromatic rings. The molecule has 0 heterocycles. The third-order valence-electron chi connectivity index (χ3n) is 5.39. The van der Waals surface area contributed by atoms with Crippen molar-refractivity contribution in [1.82, 2.24) is 5.32 Å². The number of aryl methyl sites for hydroxylation is 2. The lowest BCUT2D eigenvalue weighted by molar-refractivity contribution is 0.0935. The number of anilines is 1. The molecule has 0 aliphatic rings. The maximum atomic E-state index is 13.0. The molecule has 1 unspecified atom stereocenters. The van der Waals surface area contributed by atoms with E-state index in [-0.39, 0.29) is 16.8 Å². The minimum absolute atomic E-state index is 0.123. The molecule has 3 rings (SSSR count). The SMILES string of the molecule is CCC(NC(=O)c1cccc(N(C)S(=O)(=O)c2ccccc2)c1)c1ccc(C)cc1C. The average Bonchev–Trinajstić information content (AvgIpc) is 2.78. The molecule has 3 aromatic carbocycles. The van der Waals surface area contributed by atoms with Crippen LogP contribution in [0.2, 0.25) is 0 Å². The van der Waals surface area contributed by atoms with E-state index in [1.54, 1.807) is 54.6 Å². The van der Waals surface area contributed by atoms with Crippen molar-refractivity contribution in [2.45, 2.75) is 38.1 Å². The van der Waals surface area contributed by atoms with Crippen LogP contribution in [0.3, 0.4) is 0 Å². The maximum Gasteiger partial charge on any atom is 0.264 e. The molecular weight excluding hydrogens is 408 g/mol. The van der Waals surface area contributed by atoms with Crippen LogP contribution in [-0.2, 0) is 10.0 Å². The van der Waals surface area contributed by atoms with E-state index in [0.717, 1.165) is 17.5 Å². The molecule has 0 aliphatic carbocycles. The van der Waals surface area contributed by atoms with E-state index in [1.807, 2.05) is 26.8 Å². The molecular formula is C25H28N2O3S. The van der Waals surface area contributed by atoms with Crippen molar-refractivity contribution < 1.29 is 13.2 Å². The van der Waals surface area contributed by atoms with Crippen LogP contribution in [0.5, 0.6) is 0 Å². The fraction of sp³-hybridized carbons (Fsp3) is 0.240. The fourth-order valence-corrected chi connectivity index (χ4v) is 4.80. The van der Waals surface area contributed by atoms with Crippen LogP contribution in [0.25, 0.3) is 0 Å². The van der Waals surface area contributed by atoms with Crippen LogP contribution in [0, 0.1) is 13.8 Å². The second-order valence-electron chi connectivity index (χ2n) is 7.63. The molecule has 0 radical (unpaired) electrons. The highest BCUT2D eigenvalue weighted by atomic mass is 32.2. The van der Waals surface area contributed by atoms with Gasteiger partial charge in [-0.1, -0.05) is 55.0 Å². The van der Waals surface area contributed by atoms with Gasteiger partial charge in [0.15, 0.2) is 0 Å². The number of hydrogen-bond acceptors (Lipinski definition) is 3. The Labute approximate surface area is 184 Å². The van der Waals surface area contributed by atoms with Crippen molar-refractivity contribution in [2.24, 2.45) is 0 Å². The highest BCUT2D eigenvalue weighted by molar-refractivity contribution is 7.92. The van der Waals surface area contributed by atoms with Crippen molar-refractivity contribution in [1.29, 1.82) is 0 Å². The molecule has 0 spiro atoms. The standard InChI is InChI=1S/C25H28N2O3S/c1-5-24(23-15-14-18(2)16-19(23)3)26-25(28)20-10-9-11-21(17-20)27(4)31(29,30)22-12-7-6-8-13-22/h6-17,24H,5H2,1-4H3,(H,26,28). The molecule has 1 N–H and O–H groups in total. The summed E-state index contributed by atoms with van der Waals surface area (Å²) in [7, 11) is -2.22. The quantitative estimate of drug-likeness (QED) is 0.566. The van der Waals surface area contributed by atoms with E-state index in [9.17, 15) is 13.2 Å². The van der Waals surface area contributed by atoms with Gasteiger partial charge in [-0.25, -0.2) is 8.42 Å². The summed E-state index contributed by atoms with van der Waals surface area (Å²) in [5.74, 6) is -0.237. The van der Waals surface area contributed by atoms with Gasteiger partial charge in [-0.3, -0.25) is 9.10 Å².